The molecule has 0 aromatic heterocycles. The highest BCUT2D eigenvalue weighted by Crippen LogP contribution is 2.29. The molecule has 1 atom stereocenters. The SMILES string of the molecule is CC1(C)CC(=O)C(Cl)C(C)(C)N1. The summed E-state index contributed by atoms with van der Waals surface area (Å²) in [5.74, 6) is 0.144. The summed E-state index contributed by atoms with van der Waals surface area (Å²) < 4.78 is 0. The number of Topliss-reactive ketones (excluding diaryl/α,β-unsaturated/α-hetero) is 1. The van der Waals surface area contributed by atoms with Gasteiger partial charge < -0.3 is 5.32 Å². The van der Waals surface area contributed by atoms with Crippen molar-refractivity contribution in [1.29, 1.82) is 0 Å². The Labute approximate surface area is 78.7 Å². The van der Waals surface area contributed by atoms with Gasteiger partial charge >= 0.3 is 0 Å². The van der Waals surface area contributed by atoms with Crippen LogP contribution >= 0.6 is 11.6 Å². The maximum Gasteiger partial charge on any atom is 0.154 e. The fourth-order valence-corrected chi connectivity index (χ4v) is 2.04. The normalized spacial score (nSPS) is 33.4. The second-order valence-electron chi connectivity index (χ2n) is 4.74. The van der Waals surface area contributed by atoms with E-state index in [1.54, 1.807) is 0 Å². The van der Waals surface area contributed by atoms with Crippen LogP contribution in [0.3, 0.4) is 0 Å². The van der Waals surface area contributed by atoms with Gasteiger partial charge in [0.2, 0.25) is 0 Å². The fourth-order valence-electron chi connectivity index (χ4n) is 1.91. The van der Waals surface area contributed by atoms with Gasteiger partial charge in [-0.3, -0.25) is 4.79 Å². The minimum atomic E-state index is -0.398. The molecule has 0 bridgehead atoms. The van der Waals surface area contributed by atoms with E-state index in [9.17, 15) is 4.79 Å². The Morgan fingerprint density at radius 2 is 1.92 bits per heavy atom. The highest BCUT2D eigenvalue weighted by Gasteiger charge is 2.43. The van der Waals surface area contributed by atoms with Crippen LogP contribution in [0.4, 0.5) is 0 Å². The average Bonchev–Trinajstić information content (AvgIpc) is 1.79. The number of nitrogens with one attached hydrogen (secondary N) is 1. The largest absolute Gasteiger partial charge is 0.304 e. The van der Waals surface area contributed by atoms with Gasteiger partial charge in [-0.25, -0.2) is 0 Å². The van der Waals surface area contributed by atoms with Gasteiger partial charge in [0.15, 0.2) is 5.78 Å². The van der Waals surface area contributed by atoms with Crippen LogP contribution in [0, 0.1) is 0 Å². The minimum absolute atomic E-state index is 0.119. The Balaban J connectivity index is 2.87. The number of piperidine rings is 1. The van der Waals surface area contributed by atoms with Gasteiger partial charge in [-0.05, 0) is 27.7 Å². The molecule has 0 radical (unpaired) electrons. The van der Waals surface area contributed by atoms with Gasteiger partial charge in [0.05, 0.1) is 0 Å². The van der Waals surface area contributed by atoms with Crippen molar-refractivity contribution < 1.29 is 4.79 Å². The van der Waals surface area contributed by atoms with Crippen molar-refractivity contribution in [2.75, 3.05) is 0 Å². The van der Waals surface area contributed by atoms with Gasteiger partial charge in [-0.1, -0.05) is 0 Å². The Morgan fingerprint density at radius 1 is 1.42 bits per heavy atom. The predicted molar refractivity (Wildman–Crippen MR) is 50.6 cm³/mol. The molecule has 1 saturated heterocycles. The Bertz CT molecular complexity index is 211. The molecule has 1 aliphatic heterocycles. The van der Waals surface area contributed by atoms with E-state index in [0.717, 1.165) is 0 Å². The summed E-state index contributed by atoms with van der Waals surface area (Å²) in [5, 5.41) is 2.96. The zero-order chi connectivity index (χ0) is 9.57. The third-order valence-electron chi connectivity index (χ3n) is 2.19. The average molecular weight is 190 g/mol. The fraction of sp³-hybridized carbons (Fsp3) is 0.889. The van der Waals surface area contributed by atoms with E-state index in [1.165, 1.54) is 0 Å². The maximum atomic E-state index is 11.5. The van der Waals surface area contributed by atoms with Gasteiger partial charge in [0.25, 0.3) is 0 Å². The van der Waals surface area contributed by atoms with Crippen LogP contribution in [-0.4, -0.2) is 22.2 Å². The molecule has 1 unspecified atom stereocenters. The van der Waals surface area contributed by atoms with Gasteiger partial charge in [0, 0.05) is 17.5 Å². The molecule has 1 heterocycles. The van der Waals surface area contributed by atoms with Crippen molar-refractivity contribution in [3.63, 3.8) is 0 Å². The molecule has 0 saturated carbocycles. The molecule has 70 valence electrons. The highest BCUT2D eigenvalue weighted by molar-refractivity contribution is 6.32. The minimum Gasteiger partial charge on any atom is -0.304 e. The van der Waals surface area contributed by atoms with E-state index in [0.29, 0.717) is 6.42 Å². The van der Waals surface area contributed by atoms with E-state index in [-0.39, 0.29) is 16.9 Å². The smallest absolute Gasteiger partial charge is 0.154 e. The summed E-state index contributed by atoms with van der Waals surface area (Å²) in [6, 6.07) is 0. The quantitative estimate of drug-likeness (QED) is 0.588. The molecule has 0 amide bonds. The molecule has 0 spiro atoms. The first-order valence-corrected chi connectivity index (χ1v) is 4.64. The topological polar surface area (TPSA) is 29.1 Å². The van der Waals surface area contributed by atoms with Crippen molar-refractivity contribution in [1.82, 2.24) is 5.32 Å². The molecule has 1 rings (SSSR count). The van der Waals surface area contributed by atoms with Crippen LogP contribution in [0.1, 0.15) is 34.1 Å². The molecular formula is C9H16ClNO. The molecule has 1 fully saturated rings. The lowest BCUT2D eigenvalue weighted by atomic mass is 9.81. The summed E-state index contributed by atoms with van der Waals surface area (Å²) in [5.41, 5.74) is -0.410. The van der Waals surface area contributed by atoms with E-state index >= 15 is 0 Å². The summed E-state index contributed by atoms with van der Waals surface area (Å²) >= 11 is 5.97. The third kappa shape index (κ3) is 1.80. The van der Waals surface area contributed by atoms with Crippen molar-refractivity contribution in [3.8, 4) is 0 Å². The number of hydrogen-bond acceptors (Lipinski definition) is 2. The first-order chi connectivity index (χ1) is 5.25. The molecule has 3 heteroatoms. The van der Waals surface area contributed by atoms with Gasteiger partial charge in [-0.15, -0.1) is 11.6 Å². The molecule has 12 heavy (non-hydrogen) atoms. The lowest BCUT2D eigenvalue weighted by molar-refractivity contribution is -0.123. The van der Waals surface area contributed by atoms with Gasteiger partial charge in [-0.2, -0.15) is 0 Å². The summed E-state index contributed by atoms with van der Waals surface area (Å²) in [4.78, 5) is 11.5. The first-order valence-electron chi connectivity index (χ1n) is 4.21. The second kappa shape index (κ2) is 2.71. The number of alkyl halides is 1. The van der Waals surface area contributed by atoms with Crippen molar-refractivity contribution >= 4 is 17.4 Å². The van der Waals surface area contributed by atoms with Crippen molar-refractivity contribution in [2.45, 2.75) is 50.6 Å². The lowest BCUT2D eigenvalue weighted by Crippen LogP contribution is -2.64. The zero-order valence-electron chi connectivity index (χ0n) is 8.07. The first kappa shape index (κ1) is 10.0. The zero-order valence-corrected chi connectivity index (χ0v) is 8.83. The number of carbonyl (C=O) groups excluding carboxylic acids is 1. The van der Waals surface area contributed by atoms with Crippen LogP contribution in [0.25, 0.3) is 0 Å². The second-order valence-corrected chi connectivity index (χ2v) is 5.17. The van der Waals surface area contributed by atoms with E-state index < -0.39 is 5.38 Å². The molecule has 2 nitrogen and oxygen atoms in total. The summed E-state index contributed by atoms with van der Waals surface area (Å²) in [6.45, 7) is 7.97. The highest BCUT2D eigenvalue weighted by atomic mass is 35.5. The number of carbonyl (C=O) groups is 1. The molecular weight excluding hydrogens is 174 g/mol. The van der Waals surface area contributed by atoms with E-state index in [1.807, 2.05) is 27.7 Å². The lowest BCUT2D eigenvalue weighted by Gasteiger charge is -2.44. The molecule has 1 N–H and O–H groups in total. The molecule has 0 aliphatic carbocycles. The monoisotopic (exact) mass is 189 g/mol. The molecule has 0 aromatic carbocycles. The number of halogens is 1. The molecule has 0 aromatic rings. The predicted octanol–water partition coefficient (Wildman–Crippen LogP) is 1.71. The standard InChI is InChI=1S/C9H16ClNO/c1-8(2)5-6(12)7(10)9(3,4)11-8/h7,11H,5H2,1-4H3. The Morgan fingerprint density at radius 3 is 2.33 bits per heavy atom. The summed E-state index contributed by atoms with van der Waals surface area (Å²) in [7, 11) is 0. The Kier molecular flexibility index (Phi) is 2.26. The number of rotatable bonds is 0. The van der Waals surface area contributed by atoms with Crippen LogP contribution < -0.4 is 5.32 Å². The van der Waals surface area contributed by atoms with Crippen LogP contribution in [0.5, 0.6) is 0 Å². The van der Waals surface area contributed by atoms with Gasteiger partial charge in [0.1, 0.15) is 5.38 Å². The number of hydrogen-bond donors (Lipinski definition) is 1. The number of ketones is 1. The Hall–Kier alpha value is -0.0800. The van der Waals surface area contributed by atoms with Crippen LogP contribution in [-0.2, 0) is 4.79 Å². The summed E-state index contributed by atoms with van der Waals surface area (Å²) in [6.07, 6.45) is 0.518. The molecule has 1 aliphatic rings. The third-order valence-corrected chi connectivity index (χ3v) is 2.98. The maximum absolute atomic E-state index is 11.5. The van der Waals surface area contributed by atoms with Crippen LogP contribution in [0.2, 0.25) is 0 Å². The van der Waals surface area contributed by atoms with Crippen molar-refractivity contribution in [3.05, 3.63) is 0 Å². The van der Waals surface area contributed by atoms with Crippen LogP contribution in [0.15, 0.2) is 0 Å². The van der Waals surface area contributed by atoms with Crippen molar-refractivity contribution in [2.24, 2.45) is 0 Å². The van der Waals surface area contributed by atoms with E-state index in [4.69, 9.17) is 11.6 Å². The van der Waals surface area contributed by atoms with E-state index in [2.05, 4.69) is 5.32 Å².